The Balaban J connectivity index is 1.88. The molecule has 21 heavy (non-hydrogen) atoms. The summed E-state index contributed by atoms with van der Waals surface area (Å²) in [6.45, 7) is 3.66. The van der Waals surface area contributed by atoms with Gasteiger partial charge in [0, 0.05) is 18.1 Å². The van der Waals surface area contributed by atoms with Gasteiger partial charge in [0.25, 0.3) is 5.91 Å². The van der Waals surface area contributed by atoms with Gasteiger partial charge < -0.3 is 14.2 Å². The number of hydrogen-bond donors (Lipinski definition) is 0. The molecule has 7 heteroatoms. The van der Waals surface area contributed by atoms with E-state index >= 15 is 0 Å². The molecule has 1 aliphatic rings. The van der Waals surface area contributed by atoms with Gasteiger partial charge in [0.1, 0.15) is 11.6 Å². The maximum Gasteiger partial charge on any atom is 0.258 e. The molecule has 110 valence electrons. The summed E-state index contributed by atoms with van der Waals surface area (Å²) in [5.74, 6) is 2.08. The van der Waals surface area contributed by atoms with Gasteiger partial charge in [-0.15, -0.1) is 10.2 Å². The molecule has 0 fully saturated rings. The highest BCUT2D eigenvalue weighted by Crippen LogP contribution is 2.25. The average molecular weight is 307 g/mol. The Morgan fingerprint density at radius 3 is 2.90 bits per heavy atom. The number of amides is 1. The van der Waals surface area contributed by atoms with Crippen molar-refractivity contribution < 1.29 is 9.53 Å². The van der Waals surface area contributed by atoms with E-state index in [-0.39, 0.29) is 5.91 Å². The Kier molecular flexibility index (Phi) is 3.55. The van der Waals surface area contributed by atoms with Crippen LogP contribution in [0.5, 0.6) is 5.75 Å². The van der Waals surface area contributed by atoms with Gasteiger partial charge in [0.15, 0.2) is 5.82 Å². The molecule has 0 bridgehead atoms. The average Bonchev–Trinajstić information content (AvgIpc) is 2.87. The Morgan fingerprint density at radius 1 is 1.33 bits per heavy atom. The van der Waals surface area contributed by atoms with Crippen molar-refractivity contribution in [3.05, 3.63) is 40.4 Å². The standard InChI is InChI=1S/C14H15ClN4O2/c1-9-16-17-13-8-18(5-6-19(9)13)14(20)11-7-10(15)3-4-12(11)21-2/h3-4,7H,5-6,8H2,1-2H3. The lowest BCUT2D eigenvalue weighted by Gasteiger charge is -2.28. The highest BCUT2D eigenvalue weighted by molar-refractivity contribution is 6.31. The van der Waals surface area contributed by atoms with Gasteiger partial charge in [-0.1, -0.05) is 11.6 Å². The summed E-state index contributed by atoms with van der Waals surface area (Å²) in [6.07, 6.45) is 0. The third kappa shape index (κ3) is 2.47. The Labute approximate surface area is 127 Å². The van der Waals surface area contributed by atoms with Crippen LogP contribution in [0.25, 0.3) is 0 Å². The molecule has 3 rings (SSSR count). The van der Waals surface area contributed by atoms with Gasteiger partial charge in [-0.3, -0.25) is 4.79 Å². The largest absolute Gasteiger partial charge is 0.496 e. The topological polar surface area (TPSA) is 60.2 Å². The van der Waals surface area contributed by atoms with Crippen molar-refractivity contribution in [1.82, 2.24) is 19.7 Å². The lowest BCUT2D eigenvalue weighted by atomic mass is 10.1. The molecule has 1 amide bonds. The molecule has 1 aromatic heterocycles. The van der Waals surface area contributed by atoms with Crippen LogP contribution in [-0.4, -0.2) is 39.2 Å². The minimum atomic E-state index is -0.110. The van der Waals surface area contributed by atoms with Crippen LogP contribution < -0.4 is 4.74 Å². The van der Waals surface area contributed by atoms with Crippen LogP contribution in [0, 0.1) is 6.92 Å². The molecule has 0 saturated heterocycles. The summed E-state index contributed by atoms with van der Waals surface area (Å²) in [5.41, 5.74) is 0.467. The fourth-order valence-corrected chi connectivity index (χ4v) is 2.67. The number of halogens is 1. The first-order chi connectivity index (χ1) is 10.1. The van der Waals surface area contributed by atoms with E-state index in [1.807, 2.05) is 11.5 Å². The molecule has 0 saturated carbocycles. The number of aromatic nitrogens is 3. The molecule has 0 aliphatic carbocycles. The smallest absolute Gasteiger partial charge is 0.258 e. The van der Waals surface area contributed by atoms with E-state index in [0.29, 0.717) is 36.0 Å². The lowest BCUT2D eigenvalue weighted by molar-refractivity contribution is 0.0703. The van der Waals surface area contributed by atoms with Gasteiger partial charge in [-0.05, 0) is 25.1 Å². The SMILES string of the molecule is COc1ccc(Cl)cc1C(=O)N1CCn2c(C)nnc2C1. The van der Waals surface area contributed by atoms with Crippen LogP contribution in [0.4, 0.5) is 0 Å². The van der Waals surface area contributed by atoms with E-state index in [2.05, 4.69) is 10.2 Å². The molecule has 1 aromatic carbocycles. The molecule has 0 atom stereocenters. The normalized spacial score (nSPS) is 14.0. The number of carbonyl (C=O) groups is 1. The van der Waals surface area contributed by atoms with Crippen LogP contribution in [0.15, 0.2) is 18.2 Å². The molecule has 2 aromatic rings. The van der Waals surface area contributed by atoms with Crippen molar-refractivity contribution in [2.45, 2.75) is 20.0 Å². The number of fused-ring (bicyclic) bond motifs is 1. The predicted molar refractivity (Wildman–Crippen MR) is 77.5 cm³/mol. The second kappa shape index (κ2) is 5.37. The second-order valence-electron chi connectivity index (χ2n) is 4.89. The van der Waals surface area contributed by atoms with E-state index in [0.717, 1.165) is 11.6 Å². The minimum Gasteiger partial charge on any atom is -0.496 e. The zero-order chi connectivity index (χ0) is 15.0. The number of ether oxygens (including phenoxy) is 1. The molecule has 0 radical (unpaired) electrons. The van der Waals surface area contributed by atoms with Gasteiger partial charge in [0.05, 0.1) is 19.2 Å². The second-order valence-corrected chi connectivity index (χ2v) is 5.32. The zero-order valence-corrected chi connectivity index (χ0v) is 12.6. The number of nitrogens with zero attached hydrogens (tertiary/aromatic N) is 4. The molecule has 6 nitrogen and oxygen atoms in total. The quantitative estimate of drug-likeness (QED) is 0.850. The van der Waals surface area contributed by atoms with Crippen molar-refractivity contribution in [2.24, 2.45) is 0 Å². The molecular formula is C14H15ClN4O2. The Morgan fingerprint density at radius 2 is 2.14 bits per heavy atom. The highest BCUT2D eigenvalue weighted by atomic mass is 35.5. The maximum absolute atomic E-state index is 12.7. The van der Waals surface area contributed by atoms with Crippen LogP contribution in [0.3, 0.4) is 0 Å². The first kappa shape index (κ1) is 13.9. The third-order valence-electron chi connectivity index (χ3n) is 3.62. The number of benzene rings is 1. The summed E-state index contributed by atoms with van der Waals surface area (Å²) in [5, 5.41) is 8.66. The van der Waals surface area contributed by atoms with Crippen molar-refractivity contribution in [2.75, 3.05) is 13.7 Å². The number of carbonyl (C=O) groups excluding carboxylic acids is 1. The summed E-state index contributed by atoms with van der Waals surface area (Å²) in [4.78, 5) is 14.4. The maximum atomic E-state index is 12.7. The number of methoxy groups -OCH3 is 1. The number of aryl methyl sites for hydroxylation is 1. The molecule has 0 spiro atoms. The van der Waals surface area contributed by atoms with Crippen molar-refractivity contribution in [1.29, 1.82) is 0 Å². The molecule has 0 unspecified atom stereocenters. The fourth-order valence-electron chi connectivity index (χ4n) is 2.49. The van der Waals surface area contributed by atoms with Crippen LogP contribution >= 0.6 is 11.6 Å². The summed E-state index contributed by atoms with van der Waals surface area (Å²) >= 11 is 5.99. The van der Waals surface area contributed by atoms with Crippen LogP contribution in [-0.2, 0) is 13.1 Å². The molecule has 0 N–H and O–H groups in total. The van der Waals surface area contributed by atoms with Crippen molar-refractivity contribution in [3.8, 4) is 5.75 Å². The number of hydrogen-bond acceptors (Lipinski definition) is 4. The van der Waals surface area contributed by atoms with E-state index in [1.165, 1.54) is 7.11 Å². The van der Waals surface area contributed by atoms with Crippen LogP contribution in [0.1, 0.15) is 22.0 Å². The van der Waals surface area contributed by atoms with Gasteiger partial charge in [-0.25, -0.2) is 0 Å². The molecule has 2 heterocycles. The first-order valence-corrected chi connectivity index (χ1v) is 6.99. The third-order valence-corrected chi connectivity index (χ3v) is 3.85. The number of rotatable bonds is 2. The van der Waals surface area contributed by atoms with E-state index in [4.69, 9.17) is 16.3 Å². The highest BCUT2D eigenvalue weighted by Gasteiger charge is 2.26. The summed E-state index contributed by atoms with van der Waals surface area (Å²) < 4.78 is 7.27. The fraction of sp³-hybridized carbons (Fsp3) is 0.357. The predicted octanol–water partition coefficient (Wildman–Crippen LogP) is 1.90. The van der Waals surface area contributed by atoms with E-state index in [9.17, 15) is 4.79 Å². The molecular weight excluding hydrogens is 292 g/mol. The minimum absolute atomic E-state index is 0.110. The van der Waals surface area contributed by atoms with Gasteiger partial charge in [-0.2, -0.15) is 0 Å². The molecule has 1 aliphatic heterocycles. The first-order valence-electron chi connectivity index (χ1n) is 6.61. The Hall–Kier alpha value is -2.08. The monoisotopic (exact) mass is 306 g/mol. The van der Waals surface area contributed by atoms with Crippen molar-refractivity contribution in [3.63, 3.8) is 0 Å². The van der Waals surface area contributed by atoms with E-state index < -0.39 is 0 Å². The van der Waals surface area contributed by atoms with Gasteiger partial charge in [0.2, 0.25) is 0 Å². The van der Waals surface area contributed by atoms with Gasteiger partial charge >= 0.3 is 0 Å². The Bertz CT molecular complexity index is 698. The summed E-state index contributed by atoms with van der Waals surface area (Å²) in [6, 6.07) is 5.03. The summed E-state index contributed by atoms with van der Waals surface area (Å²) in [7, 11) is 1.54. The zero-order valence-electron chi connectivity index (χ0n) is 11.8. The van der Waals surface area contributed by atoms with E-state index in [1.54, 1.807) is 23.1 Å². The lowest BCUT2D eigenvalue weighted by Crippen LogP contribution is -2.38. The van der Waals surface area contributed by atoms with Crippen molar-refractivity contribution >= 4 is 17.5 Å². The van der Waals surface area contributed by atoms with Crippen LogP contribution in [0.2, 0.25) is 5.02 Å².